The predicted molar refractivity (Wildman–Crippen MR) is 132 cm³/mol. The normalized spacial score (nSPS) is 13.1. The minimum atomic E-state index is -0.456. The summed E-state index contributed by atoms with van der Waals surface area (Å²) < 4.78 is 7.89. The largest absolute Gasteiger partial charge is 0.434 e. The van der Waals surface area contributed by atoms with Crippen LogP contribution in [-0.4, -0.2) is 21.1 Å². The number of oxazole rings is 1. The molecule has 0 spiro atoms. The third kappa shape index (κ3) is 3.13. The molecule has 0 fully saturated rings. The maximum absolute atomic E-state index is 13.1. The van der Waals surface area contributed by atoms with Gasteiger partial charge < -0.3 is 4.42 Å². The molecule has 5 nitrogen and oxygen atoms in total. The van der Waals surface area contributed by atoms with Crippen LogP contribution in [0.4, 0.5) is 0 Å². The van der Waals surface area contributed by atoms with Gasteiger partial charge in [0.1, 0.15) is 0 Å². The highest BCUT2D eigenvalue weighted by atomic mass is 35.5. The van der Waals surface area contributed by atoms with E-state index >= 15 is 0 Å². The molecule has 0 radical (unpaired) electrons. The second kappa shape index (κ2) is 7.83. The topological polar surface area (TPSA) is 65.1 Å². The molecule has 1 aliphatic carbocycles. The van der Waals surface area contributed by atoms with Crippen molar-refractivity contribution in [1.29, 1.82) is 0 Å². The van der Waals surface area contributed by atoms with E-state index in [0.29, 0.717) is 22.8 Å². The van der Waals surface area contributed by atoms with Crippen molar-refractivity contribution >= 4 is 52.1 Å². The zero-order valence-corrected chi connectivity index (χ0v) is 19.0. The first kappa shape index (κ1) is 20.7. The van der Waals surface area contributed by atoms with Crippen LogP contribution >= 0.6 is 23.2 Å². The van der Waals surface area contributed by atoms with Gasteiger partial charge in [0, 0.05) is 17.3 Å². The summed E-state index contributed by atoms with van der Waals surface area (Å²) in [5, 5.41) is 0.394. The number of hydrogen-bond donors (Lipinski definition) is 0. The Labute approximate surface area is 203 Å². The van der Waals surface area contributed by atoms with Crippen molar-refractivity contribution in [2.24, 2.45) is 0 Å². The Bertz CT molecular complexity index is 1610. The predicted octanol–water partition coefficient (Wildman–Crippen LogP) is 7.05. The molecule has 0 amide bonds. The molecule has 2 heterocycles. The van der Waals surface area contributed by atoms with Crippen molar-refractivity contribution in [3.63, 3.8) is 0 Å². The molecule has 1 aliphatic rings. The Morgan fingerprint density at radius 3 is 2.00 bits per heavy atom. The third-order valence-corrected chi connectivity index (χ3v) is 6.39. The number of aromatic nitrogens is 2. The first-order valence-corrected chi connectivity index (χ1v) is 11.2. The smallest absolute Gasteiger partial charge is 0.228 e. The lowest BCUT2D eigenvalue weighted by Gasteiger charge is -2.07. The monoisotopic (exact) mass is 484 g/mol. The molecule has 6 rings (SSSR count). The number of rotatable bonds is 3. The van der Waals surface area contributed by atoms with Gasteiger partial charge in [-0.3, -0.25) is 14.2 Å². The highest BCUT2D eigenvalue weighted by molar-refractivity contribution is 6.49. The molecule has 0 saturated carbocycles. The number of benzene rings is 3. The number of allylic oxidation sites excluding steroid dienone is 1. The lowest BCUT2D eigenvalue weighted by molar-refractivity contribution is 0.0990. The number of hydrogen-bond acceptors (Lipinski definition) is 4. The number of carbonyl (C=O) groups is 2. The second-order valence-corrected chi connectivity index (χ2v) is 8.62. The number of carbonyl (C=O) groups excluding carboxylic acids is 2. The van der Waals surface area contributed by atoms with Gasteiger partial charge in [-0.1, -0.05) is 59.6 Å². The molecular weight excluding hydrogens is 471 g/mol. The minimum absolute atomic E-state index is 0.00869. The SMILES string of the molecule is O=C1C(=Cc2cc3oc(-c4ccccc4)nc3n2-c2ccccc2)C(=O)c2c(Cl)ccc(Cl)c21. The number of Topliss-reactive ketones (excluding diaryl/α,β-unsaturated/α-hetero) is 2. The first-order valence-electron chi connectivity index (χ1n) is 10.4. The molecule has 7 heteroatoms. The zero-order valence-electron chi connectivity index (χ0n) is 17.5. The zero-order chi connectivity index (χ0) is 23.4. The molecule has 3 aromatic carbocycles. The average molecular weight is 485 g/mol. The summed E-state index contributed by atoms with van der Waals surface area (Å²) in [6, 6.07) is 23.9. The molecule has 164 valence electrons. The molecule has 5 aromatic rings. The molecule has 34 heavy (non-hydrogen) atoms. The molecule has 0 N–H and O–H groups in total. The lowest BCUT2D eigenvalue weighted by Crippen LogP contribution is -2.03. The van der Waals surface area contributed by atoms with E-state index in [1.807, 2.05) is 65.2 Å². The standard InChI is InChI=1S/C27H14Cl2N2O3/c28-19-11-12-20(29)23-22(19)24(32)18(25(23)33)13-17-14-21-26(31(17)16-9-5-2-6-10-16)30-27(34-21)15-7-3-1-4-8-15/h1-14H. The quantitative estimate of drug-likeness (QED) is 0.203. The Hall–Kier alpha value is -3.93. The molecule has 0 atom stereocenters. The van der Waals surface area contributed by atoms with Crippen LogP contribution in [0.1, 0.15) is 26.4 Å². The Morgan fingerprint density at radius 1 is 0.794 bits per heavy atom. The number of fused-ring (bicyclic) bond motifs is 2. The Morgan fingerprint density at radius 2 is 1.38 bits per heavy atom. The van der Waals surface area contributed by atoms with Gasteiger partial charge in [-0.2, -0.15) is 4.98 Å². The van der Waals surface area contributed by atoms with Crippen molar-refractivity contribution < 1.29 is 14.0 Å². The summed E-state index contributed by atoms with van der Waals surface area (Å²) in [6.07, 6.45) is 1.55. The van der Waals surface area contributed by atoms with E-state index in [1.165, 1.54) is 12.1 Å². The van der Waals surface area contributed by atoms with Gasteiger partial charge in [-0.25, -0.2) is 0 Å². The molecule has 0 saturated heterocycles. The van der Waals surface area contributed by atoms with E-state index in [1.54, 1.807) is 12.1 Å². The summed E-state index contributed by atoms with van der Waals surface area (Å²) in [7, 11) is 0. The van der Waals surface area contributed by atoms with Crippen LogP contribution in [0, 0.1) is 0 Å². The summed E-state index contributed by atoms with van der Waals surface area (Å²) in [6.45, 7) is 0. The van der Waals surface area contributed by atoms with Gasteiger partial charge >= 0.3 is 0 Å². The van der Waals surface area contributed by atoms with Gasteiger partial charge in [-0.05, 0) is 42.5 Å². The molecule has 0 unspecified atom stereocenters. The fourth-order valence-corrected chi connectivity index (χ4v) is 4.69. The second-order valence-electron chi connectivity index (χ2n) is 7.81. The number of halogens is 2. The van der Waals surface area contributed by atoms with Crippen LogP contribution in [0.3, 0.4) is 0 Å². The highest BCUT2D eigenvalue weighted by Gasteiger charge is 2.37. The highest BCUT2D eigenvalue weighted by Crippen LogP contribution is 2.38. The van der Waals surface area contributed by atoms with E-state index in [9.17, 15) is 9.59 Å². The van der Waals surface area contributed by atoms with E-state index < -0.39 is 11.6 Å². The van der Waals surface area contributed by atoms with Crippen LogP contribution in [0.2, 0.25) is 10.0 Å². The van der Waals surface area contributed by atoms with Gasteiger partial charge in [0.05, 0.1) is 32.4 Å². The summed E-state index contributed by atoms with van der Waals surface area (Å²) in [4.78, 5) is 31.0. The Kier molecular flexibility index (Phi) is 4.76. The van der Waals surface area contributed by atoms with Crippen molar-refractivity contribution in [1.82, 2.24) is 9.55 Å². The number of ketones is 2. The molecule has 0 bridgehead atoms. The maximum atomic E-state index is 13.1. The van der Waals surface area contributed by atoms with Crippen LogP contribution in [0.25, 0.3) is 34.4 Å². The van der Waals surface area contributed by atoms with Crippen LogP contribution in [0.15, 0.2) is 88.9 Å². The van der Waals surface area contributed by atoms with Gasteiger partial charge in [0.15, 0.2) is 22.8 Å². The van der Waals surface area contributed by atoms with Gasteiger partial charge in [0.25, 0.3) is 0 Å². The van der Waals surface area contributed by atoms with Gasteiger partial charge in [-0.15, -0.1) is 0 Å². The van der Waals surface area contributed by atoms with Crippen LogP contribution < -0.4 is 0 Å². The summed E-state index contributed by atoms with van der Waals surface area (Å²) in [5.74, 6) is -0.431. The van der Waals surface area contributed by atoms with E-state index in [0.717, 1.165) is 11.3 Å². The summed E-state index contributed by atoms with van der Waals surface area (Å²) >= 11 is 12.5. The Balaban J connectivity index is 1.55. The van der Waals surface area contributed by atoms with Crippen molar-refractivity contribution in [2.75, 3.05) is 0 Å². The average Bonchev–Trinajstić information content (AvgIpc) is 3.49. The van der Waals surface area contributed by atoms with E-state index in [-0.39, 0.29) is 26.7 Å². The molecule has 0 aliphatic heterocycles. The van der Waals surface area contributed by atoms with Crippen LogP contribution in [-0.2, 0) is 0 Å². The maximum Gasteiger partial charge on any atom is 0.228 e. The first-order chi connectivity index (χ1) is 16.5. The number of nitrogens with zero attached hydrogens (tertiary/aromatic N) is 2. The molecule has 2 aromatic heterocycles. The summed E-state index contributed by atoms with van der Waals surface area (Å²) in [5.41, 5.74) is 3.59. The van der Waals surface area contributed by atoms with Gasteiger partial charge in [0.2, 0.25) is 5.89 Å². The van der Waals surface area contributed by atoms with Crippen molar-refractivity contribution in [3.05, 3.63) is 111 Å². The van der Waals surface area contributed by atoms with E-state index in [2.05, 4.69) is 0 Å². The van der Waals surface area contributed by atoms with Crippen LogP contribution in [0.5, 0.6) is 0 Å². The fourth-order valence-electron chi connectivity index (χ4n) is 4.21. The number of para-hydroxylation sites is 1. The van der Waals surface area contributed by atoms with E-state index in [4.69, 9.17) is 32.6 Å². The minimum Gasteiger partial charge on any atom is -0.434 e. The van der Waals surface area contributed by atoms with Crippen molar-refractivity contribution in [2.45, 2.75) is 0 Å². The molecular formula is C27H14Cl2N2O3. The van der Waals surface area contributed by atoms with Crippen molar-refractivity contribution in [3.8, 4) is 17.1 Å². The lowest BCUT2D eigenvalue weighted by atomic mass is 10.1. The fraction of sp³-hybridized carbons (Fsp3) is 0. The third-order valence-electron chi connectivity index (χ3n) is 5.76.